The Kier molecular flexibility index (Phi) is 5.06. The molecule has 7 heteroatoms. The van der Waals surface area contributed by atoms with Crippen molar-refractivity contribution in [3.8, 4) is 23.1 Å². The molecule has 7 nitrogen and oxygen atoms in total. The number of rotatable bonds is 7. The number of nitrogens with zero attached hydrogens (tertiary/aromatic N) is 3. The lowest BCUT2D eigenvalue weighted by Gasteiger charge is -2.07. The summed E-state index contributed by atoms with van der Waals surface area (Å²) in [5.74, 6) is 1.16. The second-order valence-corrected chi connectivity index (χ2v) is 7.16. The van der Waals surface area contributed by atoms with Gasteiger partial charge < -0.3 is 18.7 Å². The van der Waals surface area contributed by atoms with Gasteiger partial charge in [0, 0.05) is 23.6 Å². The molecule has 0 radical (unpaired) electrons. The molecular formula is C24H20N4O3. The van der Waals surface area contributed by atoms with Crippen LogP contribution in [-0.4, -0.2) is 27.2 Å². The van der Waals surface area contributed by atoms with Crippen LogP contribution in [0.25, 0.3) is 34.0 Å². The van der Waals surface area contributed by atoms with Crippen LogP contribution in [0.1, 0.15) is 5.56 Å². The number of carbonyl (C=O) groups excluding carboxylic acids is 1. The minimum atomic E-state index is -0.0509. The summed E-state index contributed by atoms with van der Waals surface area (Å²) in [6, 6.07) is 21.5. The summed E-state index contributed by atoms with van der Waals surface area (Å²) in [5.41, 5.74) is 2.90. The Morgan fingerprint density at radius 2 is 1.74 bits per heavy atom. The van der Waals surface area contributed by atoms with Gasteiger partial charge in [-0.15, -0.1) is 10.2 Å². The number of hydrogen-bond acceptors (Lipinski definition) is 5. The molecule has 31 heavy (non-hydrogen) atoms. The predicted octanol–water partition coefficient (Wildman–Crippen LogP) is 4.31. The van der Waals surface area contributed by atoms with Gasteiger partial charge in [0.2, 0.25) is 11.8 Å². The fraction of sp³-hybridized carbons (Fsp3) is 0.125. The van der Waals surface area contributed by atoms with E-state index in [0.717, 1.165) is 22.9 Å². The van der Waals surface area contributed by atoms with Crippen molar-refractivity contribution in [1.29, 1.82) is 0 Å². The molecule has 0 atom stereocenters. The minimum Gasteiger partial charge on any atom is -0.459 e. The summed E-state index contributed by atoms with van der Waals surface area (Å²) < 4.78 is 13.1. The van der Waals surface area contributed by atoms with E-state index in [1.165, 1.54) is 5.56 Å². The molecule has 0 saturated heterocycles. The smallest absolute Gasteiger partial charge is 0.283 e. The highest BCUT2D eigenvalue weighted by Gasteiger charge is 2.18. The van der Waals surface area contributed by atoms with Gasteiger partial charge in [-0.1, -0.05) is 48.5 Å². The van der Waals surface area contributed by atoms with Crippen LogP contribution in [0.2, 0.25) is 0 Å². The zero-order valence-corrected chi connectivity index (χ0v) is 16.7. The molecule has 5 aromatic rings. The summed E-state index contributed by atoms with van der Waals surface area (Å²) in [7, 11) is 0. The average molecular weight is 412 g/mol. The first-order chi connectivity index (χ1) is 15.3. The lowest BCUT2D eigenvalue weighted by Crippen LogP contribution is -2.29. The van der Waals surface area contributed by atoms with Gasteiger partial charge in [-0.25, -0.2) is 0 Å². The molecule has 0 spiro atoms. The number of amides is 1. The van der Waals surface area contributed by atoms with E-state index < -0.39 is 0 Å². The van der Waals surface area contributed by atoms with Crippen molar-refractivity contribution in [1.82, 2.24) is 20.1 Å². The van der Waals surface area contributed by atoms with E-state index in [9.17, 15) is 4.79 Å². The van der Waals surface area contributed by atoms with Crippen molar-refractivity contribution >= 4 is 16.8 Å². The van der Waals surface area contributed by atoms with Crippen LogP contribution < -0.4 is 5.32 Å². The summed E-state index contributed by atoms with van der Waals surface area (Å²) in [6.45, 7) is 0.791. The predicted molar refractivity (Wildman–Crippen MR) is 116 cm³/mol. The van der Waals surface area contributed by atoms with Gasteiger partial charge >= 0.3 is 0 Å². The highest BCUT2D eigenvalue weighted by atomic mass is 16.4. The molecule has 0 aliphatic heterocycles. The summed E-state index contributed by atoms with van der Waals surface area (Å²) in [5, 5.41) is 12.2. The lowest BCUT2D eigenvalue weighted by atomic mass is 10.1. The van der Waals surface area contributed by atoms with Crippen molar-refractivity contribution in [2.75, 3.05) is 6.54 Å². The maximum atomic E-state index is 12.6. The Bertz CT molecular complexity index is 1300. The quantitative estimate of drug-likeness (QED) is 0.430. The average Bonchev–Trinajstić information content (AvgIpc) is 3.55. The van der Waals surface area contributed by atoms with E-state index in [-0.39, 0.29) is 12.5 Å². The number of hydrogen-bond donors (Lipinski definition) is 1. The zero-order valence-electron chi connectivity index (χ0n) is 16.7. The van der Waals surface area contributed by atoms with E-state index in [1.54, 1.807) is 18.4 Å². The molecule has 1 N–H and O–H groups in total. The Morgan fingerprint density at radius 1 is 0.935 bits per heavy atom. The van der Waals surface area contributed by atoms with Gasteiger partial charge in [0.25, 0.3) is 5.89 Å². The molecule has 0 aliphatic carbocycles. The van der Waals surface area contributed by atoms with Crippen LogP contribution in [0.4, 0.5) is 0 Å². The summed E-state index contributed by atoms with van der Waals surface area (Å²) in [6.07, 6.45) is 4.23. The molecule has 0 fully saturated rings. The number of aromatic nitrogens is 3. The van der Waals surface area contributed by atoms with E-state index in [4.69, 9.17) is 8.83 Å². The fourth-order valence-corrected chi connectivity index (χ4v) is 3.58. The first kappa shape index (κ1) is 18.9. The van der Waals surface area contributed by atoms with Crippen molar-refractivity contribution in [3.63, 3.8) is 0 Å². The van der Waals surface area contributed by atoms with Gasteiger partial charge in [-0.2, -0.15) is 0 Å². The SMILES string of the molecule is O=C(Cn1cc(-c2nnc(-c3ccco3)o2)c2ccccc21)NCCc1ccccc1. The number of para-hydroxylation sites is 1. The van der Waals surface area contributed by atoms with E-state index in [1.807, 2.05) is 53.2 Å². The Hall–Kier alpha value is -4.13. The van der Waals surface area contributed by atoms with Gasteiger partial charge in [-0.3, -0.25) is 4.79 Å². The lowest BCUT2D eigenvalue weighted by molar-refractivity contribution is -0.121. The summed E-state index contributed by atoms with van der Waals surface area (Å²) in [4.78, 5) is 12.6. The maximum absolute atomic E-state index is 12.6. The van der Waals surface area contributed by atoms with Gasteiger partial charge in [-0.05, 0) is 30.2 Å². The molecule has 0 unspecified atom stereocenters. The van der Waals surface area contributed by atoms with Crippen LogP contribution in [0.5, 0.6) is 0 Å². The normalized spacial score (nSPS) is 11.1. The molecule has 0 aliphatic rings. The monoisotopic (exact) mass is 412 g/mol. The number of fused-ring (bicyclic) bond motifs is 1. The van der Waals surface area contributed by atoms with Crippen LogP contribution in [-0.2, 0) is 17.8 Å². The number of furan rings is 1. The minimum absolute atomic E-state index is 0.0509. The third-order valence-electron chi connectivity index (χ3n) is 5.07. The van der Waals surface area contributed by atoms with Crippen molar-refractivity contribution in [2.24, 2.45) is 0 Å². The van der Waals surface area contributed by atoms with Crippen molar-refractivity contribution in [3.05, 3.63) is 84.8 Å². The third-order valence-corrected chi connectivity index (χ3v) is 5.07. The second kappa shape index (κ2) is 8.31. The standard InChI is InChI=1S/C24H20N4O3/c29-22(25-13-12-17-7-2-1-3-8-17)16-28-15-19(18-9-4-5-10-20(18)28)23-26-27-24(31-23)21-11-6-14-30-21/h1-11,14-15H,12-13,16H2,(H,25,29). The first-order valence-corrected chi connectivity index (χ1v) is 10.0. The Balaban J connectivity index is 1.35. The van der Waals surface area contributed by atoms with E-state index in [0.29, 0.717) is 24.1 Å². The third kappa shape index (κ3) is 3.98. The van der Waals surface area contributed by atoms with Crippen LogP contribution in [0, 0.1) is 0 Å². The highest BCUT2D eigenvalue weighted by Crippen LogP contribution is 2.31. The van der Waals surface area contributed by atoms with Crippen molar-refractivity contribution < 1.29 is 13.6 Å². The largest absolute Gasteiger partial charge is 0.459 e. The second-order valence-electron chi connectivity index (χ2n) is 7.16. The molecule has 3 aromatic heterocycles. The van der Waals surface area contributed by atoms with Gasteiger partial charge in [0.15, 0.2) is 5.76 Å². The number of nitrogens with one attached hydrogen (secondary N) is 1. The molecule has 0 bridgehead atoms. The Morgan fingerprint density at radius 3 is 2.58 bits per heavy atom. The van der Waals surface area contributed by atoms with Crippen LogP contribution in [0.15, 0.2) is 88.0 Å². The molecule has 3 heterocycles. The van der Waals surface area contributed by atoms with Crippen LogP contribution >= 0.6 is 0 Å². The fourth-order valence-electron chi connectivity index (χ4n) is 3.58. The highest BCUT2D eigenvalue weighted by molar-refractivity contribution is 5.95. The molecule has 5 rings (SSSR count). The molecular weight excluding hydrogens is 392 g/mol. The van der Waals surface area contributed by atoms with Crippen LogP contribution in [0.3, 0.4) is 0 Å². The number of benzene rings is 2. The van der Waals surface area contributed by atoms with Crippen molar-refractivity contribution in [2.45, 2.75) is 13.0 Å². The van der Waals surface area contributed by atoms with Gasteiger partial charge in [0.05, 0.1) is 11.8 Å². The van der Waals surface area contributed by atoms with E-state index in [2.05, 4.69) is 27.6 Å². The molecule has 2 aromatic carbocycles. The maximum Gasteiger partial charge on any atom is 0.283 e. The summed E-state index contributed by atoms with van der Waals surface area (Å²) >= 11 is 0. The number of carbonyl (C=O) groups is 1. The molecule has 1 amide bonds. The van der Waals surface area contributed by atoms with Gasteiger partial charge in [0.1, 0.15) is 6.54 Å². The topological polar surface area (TPSA) is 86.1 Å². The zero-order chi connectivity index (χ0) is 21.0. The molecule has 154 valence electrons. The Labute approximate surface area is 178 Å². The first-order valence-electron chi connectivity index (χ1n) is 10.0. The molecule has 0 saturated carbocycles. The van der Waals surface area contributed by atoms with E-state index >= 15 is 0 Å².